The lowest BCUT2D eigenvalue weighted by atomic mass is 9.81. The van der Waals surface area contributed by atoms with Gasteiger partial charge in [-0.3, -0.25) is 0 Å². The predicted molar refractivity (Wildman–Crippen MR) is 629 cm³/mol. The first kappa shape index (κ1) is 96.9. The Bertz CT molecular complexity index is 7540. The lowest BCUT2D eigenvalue weighted by molar-refractivity contribution is 1.14. The molecule has 22 aromatic carbocycles. The standard InChI is InChI=1S/C58H42.C28H16Br2.2C15H13Br.C8H9Br.C7H6Br2/c1-39(43-17-5-3-6-18-43)37-41-29-33-45(34-30-41)55-47-21-9-13-25-51(47)57(52-26-14-10-22-48(52)55)58-53-27-15-11-23-49(53)56(50-24-12-16-28-54(50)58)46-35-31-42(32-36-46)38-40(2)44-19-7-4-8-20-44;29-27-21-13-5-1-9-17(21)25(18-10-2-6-14-22(18)27)26-19-11-3-7-15-23(19)28(30)24-16-8-4-12-20(24)26;1-12(14-5-3-2-4-6-14)11-13-7-9-15(16)10-8-13;1-12(11-13-5-3-2-4-6-13)14-7-9-15(16)10-8-14;1-2-7-3-5-8(9)6-4-7;8-5-6-1-3-7(9)4-2-6/h3-38H,1-2H3;1-16H;2*2-11H,1H3;3-6H,2H2,1H3;1-4H,5H2/b39-37+,40-38+;;2*12-11+;;. The minimum absolute atomic E-state index is 0.931. The molecule has 7 heteroatoms. The van der Waals surface area contributed by atoms with Crippen LogP contribution in [-0.4, -0.2) is 0 Å². The molecule has 0 aliphatic rings. The summed E-state index contributed by atoms with van der Waals surface area (Å²) in [6.07, 6.45) is 10.1. The zero-order valence-electron chi connectivity index (χ0n) is 77.2. The molecular weight excluding hydrogens is 2130 g/mol. The molecule has 0 heterocycles. The highest BCUT2D eigenvalue weighted by atomic mass is 79.9. The molecular formula is C131H99Br7. The van der Waals surface area contributed by atoms with Gasteiger partial charge in [-0.05, 0) is 323 Å². The van der Waals surface area contributed by atoms with Crippen molar-refractivity contribution >= 4 is 244 Å². The van der Waals surface area contributed by atoms with Crippen LogP contribution in [0.5, 0.6) is 0 Å². The minimum atomic E-state index is 0.931. The molecule has 0 bridgehead atoms. The van der Waals surface area contributed by atoms with Gasteiger partial charge >= 0.3 is 0 Å². The molecule has 0 nitrogen and oxygen atoms in total. The molecule has 0 unspecified atom stereocenters. The Morgan fingerprint density at radius 1 is 0.181 bits per heavy atom. The van der Waals surface area contributed by atoms with Crippen molar-refractivity contribution in [2.45, 2.75) is 46.4 Å². The fourth-order valence-electron chi connectivity index (χ4n) is 18.1. The van der Waals surface area contributed by atoms with Crippen LogP contribution in [-0.2, 0) is 11.8 Å². The van der Waals surface area contributed by atoms with Crippen molar-refractivity contribution in [3.05, 3.63) is 544 Å². The van der Waals surface area contributed by atoms with E-state index in [1.807, 2.05) is 24.3 Å². The molecule has 0 aromatic heterocycles. The second kappa shape index (κ2) is 46.6. The van der Waals surface area contributed by atoms with E-state index in [0.29, 0.717) is 0 Å². The number of allylic oxidation sites excluding steroid dienone is 4. The molecule has 0 aliphatic carbocycles. The molecule has 0 atom stereocenters. The van der Waals surface area contributed by atoms with Crippen molar-refractivity contribution < 1.29 is 0 Å². The van der Waals surface area contributed by atoms with E-state index in [0.717, 1.165) is 38.6 Å². The topological polar surface area (TPSA) is 0 Å². The Kier molecular flexibility index (Phi) is 32.7. The molecule has 672 valence electrons. The van der Waals surface area contributed by atoms with Gasteiger partial charge in [0.2, 0.25) is 0 Å². The molecule has 0 spiro atoms. The van der Waals surface area contributed by atoms with Crippen LogP contribution >= 0.6 is 112 Å². The lowest BCUT2D eigenvalue weighted by Crippen LogP contribution is -1.94. The first-order chi connectivity index (χ1) is 67.5. The summed E-state index contributed by atoms with van der Waals surface area (Å²) in [4.78, 5) is 0. The van der Waals surface area contributed by atoms with Gasteiger partial charge in [0.25, 0.3) is 0 Å². The smallest absolute Gasteiger partial charge is 0.0332 e. The maximum Gasteiger partial charge on any atom is 0.0332 e. The molecule has 22 aromatic rings. The van der Waals surface area contributed by atoms with Crippen LogP contribution in [0.15, 0.2) is 488 Å². The Balaban J connectivity index is 0.000000135. The second-order valence-corrected chi connectivity index (χ2v) is 39.9. The molecule has 0 radical (unpaired) electrons. The average molecular weight is 2230 g/mol. The number of halogens is 7. The summed E-state index contributed by atoms with van der Waals surface area (Å²) in [6.45, 7) is 10.8. The van der Waals surface area contributed by atoms with Gasteiger partial charge in [0.1, 0.15) is 0 Å². The van der Waals surface area contributed by atoms with Crippen LogP contribution < -0.4 is 0 Å². The fourth-order valence-corrected chi connectivity index (χ4v) is 21.0. The van der Waals surface area contributed by atoms with Crippen molar-refractivity contribution in [1.82, 2.24) is 0 Å². The van der Waals surface area contributed by atoms with Gasteiger partial charge < -0.3 is 0 Å². The number of benzene rings is 22. The molecule has 0 saturated heterocycles. The summed E-state index contributed by atoms with van der Waals surface area (Å²) in [6, 6.07) is 164. The predicted octanol–water partition coefficient (Wildman–Crippen LogP) is 42.3. The van der Waals surface area contributed by atoms with Crippen molar-refractivity contribution in [2.24, 2.45) is 0 Å². The highest BCUT2D eigenvalue weighted by Crippen LogP contribution is 2.52. The maximum atomic E-state index is 3.89. The zero-order chi connectivity index (χ0) is 95.4. The summed E-state index contributed by atoms with van der Waals surface area (Å²) in [5.74, 6) is 0. The van der Waals surface area contributed by atoms with Gasteiger partial charge in [0.15, 0.2) is 0 Å². The average Bonchev–Trinajstić information content (AvgIpc) is 0.713. The van der Waals surface area contributed by atoms with Gasteiger partial charge in [0, 0.05) is 32.2 Å². The van der Waals surface area contributed by atoms with E-state index in [9.17, 15) is 0 Å². The minimum Gasteiger partial charge on any atom is -0.0876 e. The quantitative estimate of drug-likeness (QED) is 0.0578. The van der Waals surface area contributed by atoms with Crippen LogP contribution in [0.2, 0.25) is 0 Å². The number of fused-ring (bicyclic) bond motifs is 8. The van der Waals surface area contributed by atoms with Gasteiger partial charge in [-0.25, -0.2) is 0 Å². The zero-order valence-corrected chi connectivity index (χ0v) is 88.3. The lowest BCUT2D eigenvalue weighted by Gasteiger charge is -2.22. The number of hydrogen-bond acceptors (Lipinski definition) is 0. The third kappa shape index (κ3) is 23.0. The van der Waals surface area contributed by atoms with E-state index in [-0.39, 0.29) is 0 Å². The van der Waals surface area contributed by atoms with Gasteiger partial charge in [-0.1, -0.05) is 523 Å². The Labute approximate surface area is 869 Å². The van der Waals surface area contributed by atoms with Crippen LogP contribution in [0.1, 0.15) is 90.3 Å². The number of rotatable bonds is 14. The molecule has 0 N–H and O–H groups in total. The van der Waals surface area contributed by atoms with Crippen molar-refractivity contribution in [1.29, 1.82) is 0 Å². The molecule has 0 amide bonds. The molecule has 0 aliphatic heterocycles. The van der Waals surface area contributed by atoms with Crippen molar-refractivity contribution in [3.63, 3.8) is 0 Å². The summed E-state index contributed by atoms with van der Waals surface area (Å²) >= 11 is 24.8. The van der Waals surface area contributed by atoms with Crippen molar-refractivity contribution in [2.75, 3.05) is 0 Å². The van der Waals surface area contributed by atoms with E-state index in [2.05, 4.69) is 607 Å². The number of alkyl halides is 1. The molecule has 0 saturated carbocycles. The normalized spacial score (nSPS) is 11.6. The van der Waals surface area contributed by atoms with E-state index in [1.54, 1.807) is 0 Å². The Hall–Kier alpha value is -12.8. The summed E-state index contributed by atoms with van der Waals surface area (Å²) < 4.78 is 6.82. The number of hydrogen-bond donors (Lipinski definition) is 0. The van der Waals surface area contributed by atoms with Gasteiger partial charge in [0.05, 0.1) is 0 Å². The highest BCUT2D eigenvalue weighted by Gasteiger charge is 2.25. The summed E-state index contributed by atoms with van der Waals surface area (Å²) in [5, 5.41) is 21.0. The monoisotopic (exact) mass is 2220 g/mol. The molecule has 22 rings (SSSR count). The SMILES string of the molecule is BrCc1ccc(Br)cc1.Brc1c2ccccc2c(-c2c3ccccc3c(Br)c3ccccc23)c2ccccc12.C/C(=C\c1ccc(-c2c3ccccc3c(-c3c4ccccc4c(-c4ccc(/C=C(\C)c5ccccc5)cc4)c4ccccc34)c3ccccc23)cc1)c1ccccc1.C/C(=C\c1ccc(Br)cc1)c1ccccc1.C/C(=C\c1ccccc1)c1ccc(Br)cc1.CCc1ccc(Br)cc1. The summed E-state index contributed by atoms with van der Waals surface area (Å²) in [5.41, 5.74) is 27.8. The third-order valence-corrected chi connectivity index (χ3v) is 29.5. The van der Waals surface area contributed by atoms with Gasteiger partial charge in [-0.2, -0.15) is 0 Å². The fraction of sp³-hybridized carbons (Fsp3) is 0.0534. The molecule has 0 fully saturated rings. The largest absolute Gasteiger partial charge is 0.0876 e. The van der Waals surface area contributed by atoms with Crippen LogP contribution in [0.3, 0.4) is 0 Å². The van der Waals surface area contributed by atoms with Gasteiger partial charge in [-0.15, -0.1) is 0 Å². The van der Waals surface area contributed by atoms with Crippen LogP contribution in [0, 0.1) is 0 Å². The third-order valence-electron chi connectivity index (χ3n) is 25.1. The second-order valence-electron chi connectivity index (χ2n) is 34.1. The highest BCUT2D eigenvalue weighted by molar-refractivity contribution is 9.11. The van der Waals surface area contributed by atoms with Crippen LogP contribution in [0.4, 0.5) is 0 Å². The Morgan fingerprint density at radius 3 is 0.609 bits per heavy atom. The van der Waals surface area contributed by atoms with E-state index < -0.39 is 0 Å². The van der Waals surface area contributed by atoms with E-state index >= 15 is 0 Å². The first-order valence-electron chi connectivity index (χ1n) is 46.3. The Morgan fingerprint density at radius 2 is 0.362 bits per heavy atom. The van der Waals surface area contributed by atoms with Crippen LogP contribution in [0.25, 0.3) is 177 Å². The molecule has 138 heavy (non-hydrogen) atoms. The van der Waals surface area contributed by atoms with E-state index in [1.165, 1.54) is 209 Å². The first-order valence-corrected chi connectivity index (χ1v) is 52.2. The number of aryl methyl sites for hydroxylation is 1. The summed E-state index contributed by atoms with van der Waals surface area (Å²) in [7, 11) is 0. The van der Waals surface area contributed by atoms with E-state index in [4.69, 9.17) is 0 Å². The van der Waals surface area contributed by atoms with Crippen molar-refractivity contribution in [3.8, 4) is 44.5 Å². The maximum absolute atomic E-state index is 3.89.